The summed E-state index contributed by atoms with van der Waals surface area (Å²) in [4.78, 5) is 14.1. The van der Waals surface area contributed by atoms with Crippen LogP contribution in [0.1, 0.15) is 79.1 Å². The first kappa shape index (κ1) is 26.0. The number of halogens is 2. The van der Waals surface area contributed by atoms with Crippen LogP contribution < -0.4 is 10.2 Å². The molecular formula is C31H30Cl2N4O3S. The van der Waals surface area contributed by atoms with E-state index in [1.165, 1.54) is 55.7 Å². The zero-order valence-corrected chi connectivity index (χ0v) is 24.7. The molecule has 2 saturated heterocycles. The molecule has 2 unspecified atom stereocenters. The van der Waals surface area contributed by atoms with Crippen molar-refractivity contribution in [1.82, 2.24) is 14.8 Å². The summed E-state index contributed by atoms with van der Waals surface area (Å²) in [5, 5.41) is 19.6. The summed E-state index contributed by atoms with van der Waals surface area (Å²) >= 11 is 14.4. The number of fused-ring (bicyclic) bond motifs is 3. The number of rotatable bonds is 7. The molecule has 2 saturated carbocycles. The number of carboxylic acids is 1. The van der Waals surface area contributed by atoms with Gasteiger partial charge in [-0.25, -0.2) is 4.79 Å². The number of piperidine rings is 1. The highest BCUT2D eigenvalue weighted by Gasteiger charge is 2.54. The highest BCUT2D eigenvalue weighted by atomic mass is 35.5. The molecule has 8 rings (SSSR count). The summed E-state index contributed by atoms with van der Waals surface area (Å²) < 4.78 is 11.0. The molecule has 0 amide bonds. The van der Waals surface area contributed by atoms with E-state index < -0.39 is 5.97 Å². The first-order valence-electron chi connectivity index (χ1n) is 14.5. The van der Waals surface area contributed by atoms with Gasteiger partial charge in [-0.3, -0.25) is 0 Å². The minimum atomic E-state index is -0.964. The van der Waals surface area contributed by atoms with Crippen molar-refractivity contribution in [3.8, 4) is 11.3 Å². The zero-order chi connectivity index (χ0) is 27.9. The molecular weight excluding hydrogens is 579 g/mol. The molecule has 2 aliphatic carbocycles. The van der Waals surface area contributed by atoms with Gasteiger partial charge in [0.15, 0.2) is 5.69 Å². The molecule has 4 fully saturated rings. The monoisotopic (exact) mass is 608 g/mol. The van der Waals surface area contributed by atoms with Crippen LogP contribution in [-0.4, -0.2) is 38.7 Å². The second-order valence-electron chi connectivity index (χ2n) is 12.4. The Morgan fingerprint density at radius 3 is 2.49 bits per heavy atom. The number of nitrogens with one attached hydrogen (secondary N) is 1. The summed E-state index contributed by atoms with van der Waals surface area (Å²) in [6.07, 6.45) is 9.53. The van der Waals surface area contributed by atoms with Gasteiger partial charge in [-0.05, 0) is 98.6 Å². The average Bonchev–Trinajstić information content (AvgIpc) is 3.45. The van der Waals surface area contributed by atoms with E-state index in [1.54, 1.807) is 0 Å². The Bertz CT molecular complexity index is 1640. The van der Waals surface area contributed by atoms with Crippen molar-refractivity contribution in [1.29, 1.82) is 0 Å². The Labute approximate surface area is 252 Å². The normalized spacial score (nSPS) is 27.1. The van der Waals surface area contributed by atoms with Crippen LogP contribution in [0.2, 0.25) is 10.0 Å². The zero-order valence-electron chi connectivity index (χ0n) is 22.4. The fraction of sp³-hybridized carbons (Fsp3) is 0.452. The van der Waals surface area contributed by atoms with Gasteiger partial charge in [0.25, 0.3) is 0 Å². The highest BCUT2D eigenvalue weighted by Crippen LogP contribution is 2.57. The van der Waals surface area contributed by atoms with Gasteiger partial charge < -0.3 is 19.8 Å². The maximum absolute atomic E-state index is 11.5. The molecule has 2 aromatic carbocycles. The number of hydrogen-bond donors (Lipinski definition) is 2. The molecule has 10 heteroatoms. The Hall–Kier alpha value is -2.65. The number of carboxylic acid groups (broad SMARTS) is 1. The van der Waals surface area contributed by atoms with Crippen molar-refractivity contribution in [3.05, 3.63) is 63.5 Å². The van der Waals surface area contributed by atoms with E-state index in [0.717, 1.165) is 45.5 Å². The molecule has 2 atom stereocenters. The molecule has 2 bridgehead atoms. The standard InChI is InChI=1S/C31H30Cl2N4O3S/c32-23-2-1-3-24(33)26(23)27-22(29(40-35-27)16-4-5-16)15-34-17-11-31(12-17)13-19-6-7-20(14-31)37(19)18-8-9-21-25(10-18)41-36-28(21)30(38)39/h1-3,8-10,16-17,19-20,34H,4-7,11-15H2,(H,38,39). The summed E-state index contributed by atoms with van der Waals surface area (Å²) in [6.45, 7) is 0.707. The molecule has 4 aromatic rings. The van der Waals surface area contributed by atoms with Crippen LogP contribution in [0.5, 0.6) is 0 Å². The van der Waals surface area contributed by atoms with Crippen LogP contribution in [0, 0.1) is 5.41 Å². The van der Waals surface area contributed by atoms with Gasteiger partial charge in [0.2, 0.25) is 0 Å². The van der Waals surface area contributed by atoms with E-state index in [2.05, 4.69) is 31.9 Å². The molecule has 4 heterocycles. The number of anilines is 1. The number of nitrogens with zero attached hydrogens (tertiary/aromatic N) is 3. The first-order chi connectivity index (χ1) is 19.9. The summed E-state index contributed by atoms with van der Waals surface area (Å²) in [7, 11) is 0. The van der Waals surface area contributed by atoms with Crippen LogP contribution in [0.3, 0.4) is 0 Å². The third kappa shape index (κ3) is 4.37. The van der Waals surface area contributed by atoms with Gasteiger partial charge >= 0.3 is 5.97 Å². The minimum absolute atomic E-state index is 0.155. The van der Waals surface area contributed by atoms with E-state index in [1.807, 2.05) is 24.3 Å². The van der Waals surface area contributed by atoms with Crippen LogP contribution >= 0.6 is 34.7 Å². The molecule has 2 aliphatic heterocycles. The lowest BCUT2D eigenvalue weighted by molar-refractivity contribution is 0.0348. The number of aromatic nitrogens is 2. The average molecular weight is 610 g/mol. The fourth-order valence-corrected chi connectivity index (χ4v) is 9.28. The Balaban J connectivity index is 0.958. The number of aromatic carboxylic acids is 1. The van der Waals surface area contributed by atoms with Crippen LogP contribution in [-0.2, 0) is 6.54 Å². The minimum Gasteiger partial charge on any atom is -0.476 e. The van der Waals surface area contributed by atoms with Crippen molar-refractivity contribution in [2.75, 3.05) is 4.90 Å². The second-order valence-corrected chi connectivity index (χ2v) is 14.1. The van der Waals surface area contributed by atoms with Gasteiger partial charge in [-0.1, -0.05) is 34.4 Å². The largest absolute Gasteiger partial charge is 0.476 e. The summed E-state index contributed by atoms with van der Waals surface area (Å²) in [5.41, 5.74) is 4.39. The summed E-state index contributed by atoms with van der Waals surface area (Å²) in [6, 6.07) is 13.3. The van der Waals surface area contributed by atoms with Gasteiger partial charge in [0.1, 0.15) is 11.5 Å². The van der Waals surface area contributed by atoms with Crippen molar-refractivity contribution in [2.24, 2.45) is 5.41 Å². The maximum Gasteiger partial charge on any atom is 0.356 e. The Kier molecular flexibility index (Phi) is 6.15. The first-order valence-corrected chi connectivity index (χ1v) is 16.0. The topological polar surface area (TPSA) is 91.5 Å². The van der Waals surface area contributed by atoms with E-state index in [-0.39, 0.29) is 5.69 Å². The molecule has 2 aromatic heterocycles. The van der Waals surface area contributed by atoms with Crippen molar-refractivity contribution < 1.29 is 14.4 Å². The lowest BCUT2D eigenvalue weighted by atomic mass is 9.58. The smallest absolute Gasteiger partial charge is 0.356 e. The van der Waals surface area contributed by atoms with E-state index in [0.29, 0.717) is 46.0 Å². The maximum atomic E-state index is 11.5. The molecule has 7 nitrogen and oxygen atoms in total. The van der Waals surface area contributed by atoms with Gasteiger partial charge in [0, 0.05) is 52.8 Å². The predicted molar refractivity (Wildman–Crippen MR) is 161 cm³/mol. The SMILES string of the molecule is O=C(O)c1nsc2cc(N3C4CCC3CC3(CC(NCc5c(-c6c(Cl)cccc6Cl)noc5C5CC5)C3)C4)ccc12. The lowest BCUT2D eigenvalue weighted by Gasteiger charge is -2.56. The second kappa shape index (κ2) is 9.69. The van der Waals surface area contributed by atoms with Crippen molar-refractivity contribution in [2.45, 2.75) is 82.0 Å². The molecule has 41 heavy (non-hydrogen) atoms. The number of carbonyl (C=O) groups is 1. The highest BCUT2D eigenvalue weighted by molar-refractivity contribution is 7.13. The van der Waals surface area contributed by atoms with Crippen LogP contribution in [0.4, 0.5) is 5.69 Å². The van der Waals surface area contributed by atoms with E-state index in [9.17, 15) is 9.90 Å². The molecule has 1 spiro atoms. The van der Waals surface area contributed by atoms with Gasteiger partial charge in [0.05, 0.1) is 14.7 Å². The molecule has 4 aliphatic rings. The fourth-order valence-electron chi connectivity index (χ4n) is 7.90. The quantitative estimate of drug-likeness (QED) is 0.220. The summed E-state index contributed by atoms with van der Waals surface area (Å²) in [5.74, 6) is 0.466. The number of benzene rings is 2. The third-order valence-corrected chi connectivity index (χ3v) is 11.2. The van der Waals surface area contributed by atoms with E-state index in [4.69, 9.17) is 27.7 Å². The predicted octanol–water partition coefficient (Wildman–Crippen LogP) is 7.90. The molecule has 212 valence electrons. The Morgan fingerprint density at radius 1 is 1.07 bits per heavy atom. The Morgan fingerprint density at radius 2 is 1.80 bits per heavy atom. The van der Waals surface area contributed by atoms with Gasteiger partial charge in [-0.15, -0.1) is 0 Å². The molecule has 2 N–H and O–H groups in total. The third-order valence-electron chi connectivity index (χ3n) is 9.81. The molecule has 0 radical (unpaired) electrons. The van der Waals surface area contributed by atoms with Crippen LogP contribution in [0.15, 0.2) is 40.9 Å². The van der Waals surface area contributed by atoms with Crippen molar-refractivity contribution in [3.63, 3.8) is 0 Å². The lowest BCUT2D eigenvalue weighted by Crippen LogP contribution is -2.57. The van der Waals surface area contributed by atoms with Crippen molar-refractivity contribution >= 4 is 56.5 Å². The van der Waals surface area contributed by atoms with Crippen LogP contribution in [0.25, 0.3) is 21.3 Å². The number of hydrogen-bond acceptors (Lipinski definition) is 7. The van der Waals surface area contributed by atoms with E-state index >= 15 is 0 Å². The van der Waals surface area contributed by atoms with Gasteiger partial charge in [-0.2, -0.15) is 4.37 Å².